The minimum atomic E-state index is 0.782. The van der Waals surface area contributed by atoms with E-state index in [0.29, 0.717) is 0 Å². The summed E-state index contributed by atoms with van der Waals surface area (Å²) in [5.74, 6) is 0. The lowest BCUT2D eigenvalue weighted by atomic mass is 9.77. The van der Waals surface area contributed by atoms with Gasteiger partial charge in [-0.3, -0.25) is 0 Å². The van der Waals surface area contributed by atoms with Gasteiger partial charge in [-0.25, -0.2) is 0 Å². The average molecular weight is 266 g/mol. The topological polar surface area (TPSA) is 15.3 Å². The van der Waals surface area contributed by atoms with Crippen LogP contribution in [0.5, 0.6) is 0 Å². The van der Waals surface area contributed by atoms with E-state index < -0.39 is 0 Å². The lowest BCUT2D eigenvalue weighted by molar-refractivity contribution is 0.109. The molecule has 0 unspecified atom stereocenters. The van der Waals surface area contributed by atoms with Crippen molar-refractivity contribution in [2.45, 2.75) is 71.1 Å². The van der Waals surface area contributed by atoms with Crippen LogP contribution in [0.2, 0.25) is 0 Å². The van der Waals surface area contributed by atoms with Crippen LogP contribution in [0.3, 0.4) is 0 Å². The number of rotatable bonds is 8. The van der Waals surface area contributed by atoms with E-state index in [4.69, 9.17) is 0 Å². The summed E-state index contributed by atoms with van der Waals surface area (Å²) < 4.78 is 0. The Balaban J connectivity index is 1.47. The normalized spacial score (nSPS) is 23.2. The van der Waals surface area contributed by atoms with Crippen molar-refractivity contribution in [2.24, 2.45) is 5.41 Å². The van der Waals surface area contributed by atoms with E-state index in [1.165, 1.54) is 96.9 Å². The Morgan fingerprint density at radius 1 is 0.895 bits per heavy atom. The molecule has 0 aromatic heterocycles. The molecule has 1 saturated heterocycles. The number of nitrogens with zero attached hydrogens (tertiary/aromatic N) is 1. The molecule has 0 radical (unpaired) electrons. The zero-order valence-electron chi connectivity index (χ0n) is 13.1. The molecule has 1 heterocycles. The molecule has 1 spiro atoms. The molecule has 0 amide bonds. The second-order valence-electron chi connectivity index (χ2n) is 6.86. The van der Waals surface area contributed by atoms with Gasteiger partial charge >= 0.3 is 0 Å². The molecule has 1 aliphatic heterocycles. The first-order chi connectivity index (χ1) is 9.35. The Morgan fingerprint density at radius 2 is 1.63 bits per heavy atom. The Hall–Kier alpha value is -0.0800. The molecule has 2 heteroatoms. The number of hydrogen-bond acceptors (Lipinski definition) is 2. The molecule has 1 saturated carbocycles. The van der Waals surface area contributed by atoms with Gasteiger partial charge in [-0.2, -0.15) is 0 Å². The van der Waals surface area contributed by atoms with Crippen molar-refractivity contribution in [3.63, 3.8) is 0 Å². The van der Waals surface area contributed by atoms with E-state index in [9.17, 15) is 0 Å². The van der Waals surface area contributed by atoms with Crippen molar-refractivity contribution in [1.82, 2.24) is 10.2 Å². The predicted octanol–water partition coefficient (Wildman–Crippen LogP) is 3.81. The highest BCUT2D eigenvalue weighted by Gasteiger charge is 2.36. The highest BCUT2D eigenvalue weighted by molar-refractivity contribution is 4.89. The molecule has 2 aliphatic rings. The molecule has 1 aliphatic carbocycles. The van der Waals surface area contributed by atoms with Gasteiger partial charge in [0.1, 0.15) is 0 Å². The second kappa shape index (κ2) is 8.26. The van der Waals surface area contributed by atoms with Gasteiger partial charge < -0.3 is 10.2 Å². The zero-order valence-corrected chi connectivity index (χ0v) is 13.1. The molecule has 2 rings (SSSR count). The van der Waals surface area contributed by atoms with Crippen molar-refractivity contribution in [3.05, 3.63) is 0 Å². The van der Waals surface area contributed by atoms with Crippen molar-refractivity contribution < 1.29 is 0 Å². The zero-order chi connectivity index (χ0) is 13.4. The summed E-state index contributed by atoms with van der Waals surface area (Å²) in [4.78, 5) is 2.68. The van der Waals surface area contributed by atoms with Gasteiger partial charge in [0.25, 0.3) is 0 Å². The summed E-state index contributed by atoms with van der Waals surface area (Å²) >= 11 is 0. The molecular weight excluding hydrogens is 232 g/mol. The molecule has 2 fully saturated rings. The molecular formula is C17H34N2. The van der Waals surface area contributed by atoms with E-state index in [1.54, 1.807) is 0 Å². The second-order valence-corrected chi connectivity index (χ2v) is 6.86. The van der Waals surface area contributed by atoms with Gasteiger partial charge in [0.15, 0.2) is 0 Å². The lowest BCUT2D eigenvalue weighted by Gasteiger charge is -2.39. The highest BCUT2D eigenvalue weighted by atomic mass is 15.1. The van der Waals surface area contributed by atoms with E-state index in [0.717, 1.165) is 5.41 Å². The molecule has 19 heavy (non-hydrogen) atoms. The first-order valence-corrected chi connectivity index (χ1v) is 8.78. The molecule has 112 valence electrons. The predicted molar refractivity (Wildman–Crippen MR) is 83.6 cm³/mol. The fourth-order valence-electron chi connectivity index (χ4n) is 3.91. The first kappa shape index (κ1) is 15.3. The van der Waals surface area contributed by atoms with Crippen molar-refractivity contribution in [1.29, 1.82) is 0 Å². The van der Waals surface area contributed by atoms with Crippen LogP contribution < -0.4 is 5.32 Å². The summed E-state index contributed by atoms with van der Waals surface area (Å²) in [6.07, 6.45) is 14.5. The lowest BCUT2D eigenvalue weighted by Crippen LogP contribution is -2.41. The smallest absolute Gasteiger partial charge is 0.0107 e. The van der Waals surface area contributed by atoms with Gasteiger partial charge in [0.05, 0.1) is 0 Å². The Labute approximate surface area is 120 Å². The molecule has 0 aromatic rings. The van der Waals surface area contributed by atoms with Gasteiger partial charge in [-0.15, -0.1) is 0 Å². The molecule has 2 nitrogen and oxygen atoms in total. The highest BCUT2D eigenvalue weighted by Crippen LogP contribution is 2.45. The van der Waals surface area contributed by atoms with Crippen LogP contribution in [-0.4, -0.2) is 37.6 Å². The summed E-state index contributed by atoms with van der Waals surface area (Å²) in [6.45, 7) is 8.68. The number of piperidine rings is 1. The summed E-state index contributed by atoms with van der Waals surface area (Å²) in [6, 6.07) is 0. The van der Waals surface area contributed by atoms with E-state index >= 15 is 0 Å². The minimum Gasteiger partial charge on any atom is -0.315 e. The molecule has 0 bridgehead atoms. The Morgan fingerprint density at radius 3 is 2.32 bits per heavy atom. The fourth-order valence-corrected chi connectivity index (χ4v) is 3.91. The van der Waals surface area contributed by atoms with E-state index in [-0.39, 0.29) is 0 Å². The molecule has 0 aromatic carbocycles. The summed E-state index contributed by atoms with van der Waals surface area (Å²) in [5.41, 5.74) is 0.782. The third-order valence-corrected chi connectivity index (χ3v) is 5.39. The van der Waals surface area contributed by atoms with Crippen LogP contribution in [0.25, 0.3) is 0 Å². The number of nitrogens with one attached hydrogen (secondary N) is 1. The SMILES string of the molecule is CCCCCCNCCN1CCC2(CCCC2)CC1. The van der Waals surface area contributed by atoms with Crippen LogP contribution in [0.1, 0.15) is 71.1 Å². The fraction of sp³-hybridized carbons (Fsp3) is 1.00. The van der Waals surface area contributed by atoms with Gasteiger partial charge in [-0.05, 0) is 57.2 Å². The first-order valence-electron chi connectivity index (χ1n) is 8.78. The van der Waals surface area contributed by atoms with Crippen molar-refractivity contribution in [3.8, 4) is 0 Å². The largest absolute Gasteiger partial charge is 0.315 e. The van der Waals surface area contributed by atoms with Crippen molar-refractivity contribution >= 4 is 0 Å². The maximum absolute atomic E-state index is 3.61. The number of unbranched alkanes of at least 4 members (excludes halogenated alkanes) is 3. The Kier molecular flexibility index (Phi) is 6.66. The monoisotopic (exact) mass is 266 g/mol. The van der Waals surface area contributed by atoms with Crippen molar-refractivity contribution in [2.75, 3.05) is 32.7 Å². The quantitative estimate of drug-likeness (QED) is 0.672. The minimum absolute atomic E-state index is 0.782. The third kappa shape index (κ3) is 5.07. The average Bonchev–Trinajstić information content (AvgIpc) is 2.89. The van der Waals surface area contributed by atoms with Crippen LogP contribution in [0.15, 0.2) is 0 Å². The number of likely N-dealkylation sites (tertiary alicyclic amines) is 1. The van der Waals surface area contributed by atoms with Crippen LogP contribution >= 0.6 is 0 Å². The van der Waals surface area contributed by atoms with Crippen LogP contribution in [-0.2, 0) is 0 Å². The maximum atomic E-state index is 3.61. The standard InChI is InChI=1S/C17H34N2/c1-2-3-4-7-12-18-13-16-19-14-10-17(11-15-19)8-5-6-9-17/h18H,2-16H2,1H3. The van der Waals surface area contributed by atoms with Crippen LogP contribution in [0.4, 0.5) is 0 Å². The van der Waals surface area contributed by atoms with Gasteiger partial charge in [0.2, 0.25) is 0 Å². The third-order valence-electron chi connectivity index (χ3n) is 5.39. The van der Waals surface area contributed by atoms with E-state index in [2.05, 4.69) is 17.1 Å². The van der Waals surface area contributed by atoms with E-state index in [1.807, 2.05) is 0 Å². The Bertz CT molecular complexity index is 223. The van der Waals surface area contributed by atoms with Crippen LogP contribution in [0, 0.1) is 5.41 Å². The molecule has 0 atom stereocenters. The van der Waals surface area contributed by atoms with Gasteiger partial charge in [-0.1, -0.05) is 39.0 Å². The maximum Gasteiger partial charge on any atom is 0.0107 e. The summed E-state index contributed by atoms with van der Waals surface area (Å²) in [7, 11) is 0. The summed E-state index contributed by atoms with van der Waals surface area (Å²) in [5, 5.41) is 3.61. The molecule has 1 N–H and O–H groups in total. The van der Waals surface area contributed by atoms with Gasteiger partial charge in [0, 0.05) is 13.1 Å². The number of hydrogen-bond donors (Lipinski definition) is 1.